The summed E-state index contributed by atoms with van der Waals surface area (Å²) >= 11 is 1.34. The van der Waals surface area contributed by atoms with Crippen molar-refractivity contribution in [2.24, 2.45) is 0 Å². The number of rotatable bonds is 8. The Morgan fingerprint density at radius 3 is 2.92 bits per heavy atom. The Morgan fingerprint density at radius 2 is 2.16 bits per heavy atom. The fourth-order valence-corrected chi connectivity index (χ4v) is 2.92. The van der Waals surface area contributed by atoms with Crippen molar-refractivity contribution in [3.63, 3.8) is 0 Å². The van der Waals surface area contributed by atoms with Gasteiger partial charge in [0.15, 0.2) is 11.6 Å². The Hall–Kier alpha value is -2.39. The van der Waals surface area contributed by atoms with Gasteiger partial charge in [0.1, 0.15) is 6.33 Å². The zero-order valence-electron chi connectivity index (χ0n) is 13.7. The summed E-state index contributed by atoms with van der Waals surface area (Å²) in [5.74, 6) is -1.03. The van der Waals surface area contributed by atoms with Crippen LogP contribution in [-0.4, -0.2) is 39.0 Å². The van der Waals surface area contributed by atoms with Crippen LogP contribution in [0.25, 0.3) is 5.95 Å². The zero-order chi connectivity index (χ0) is 17.6. The molecule has 0 amide bonds. The summed E-state index contributed by atoms with van der Waals surface area (Å²) in [5, 5.41) is 4.06. The Morgan fingerprint density at radius 1 is 1.28 bits per heavy atom. The molecule has 0 fully saturated rings. The van der Waals surface area contributed by atoms with Crippen LogP contribution < -0.4 is 10.2 Å². The van der Waals surface area contributed by atoms with Crippen LogP contribution in [0.15, 0.2) is 36.9 Å². The molecule has 3 rings (SSSR count). The first-order valence-corrected chi connectivity index (χ1v) is 8.58. The molecule has 0 atom stereocenters. The maximum Gasteiger partial charge on any atom is 0.248 e. The van der Waals surface area contributed by atoms with Gasteiger partial charge in [-0.2, -0.15) is 9.36 Å². The molecule has 9 heteroatoms. The van der Waals surface area contributed by atoms with Gasteiger partial charge >= 0.3 is 0 Å². The molecule has 132 valence electrons. The molecule has 0 aliphatic rings. The van der Waals surface area contributed by atoms with Crippen molar-refractivity contribution in [2.45, 2.75) is 13.0 Å². The van der Waals surface area contributed by atoms with E-state index in [1.54, 1.807) is 29.4 Å². The topological polar surface area (TPSA) is 58.9 Å². The van der Waals surface area contributed by atoms with Gasteiger partial charge in [-0.1, -0.05) is 6.07 Å². The number of anilines is 1. The number of benzene rings is 1. The standard InChI is InChI=1S/C16H18F2N6S/c1-23(16-21-15(22-25-16)24-8-6-20-11-24)7-2-5-19-10-12-3-4-13(17)14(18)9-12/h3-4,6,8-9,11,19H,2,5,7,10H2,1H3. The first-order chi connectivity index (χ1) is 12.1. The quantitative estimate of drug-likeness (QED) is 0.623. The predicted molar refractivity (Wildman–Crippen MR) is 93.0 cm³/mol. The second-order valence-electron chi connectivity index (χ2n) is 5.55. The summed E-state index contributed by atoms with van der Waals surface area (Å²) in [5.41, 5.74) is 0.723. The highest BCUT2D eigenvalue weighted by molar-refractivity contribution is 7.09. The third-order valence-electron chi connectivity index (χ3n) is 3.63. The van der Waals surface area contributed by atoms with Gasteiger partial charge in [-0.25, -0.2) is 13.8 Å². The minimum Gasteiger partial charge on any atom is -0.350 e. The molecule has 1 N–H and O–H groups in total. The molecule has 0 saturated heterocycles. The van der Waals surface area contributed by atoms with Gasteiger partial charge in [0.05, 0.1) is 0 Å². The van der Waals surface area contributed by atoms with Gasteiger partial charge in [-0.15, -0.1) is 0 Å². The van der Waals surface area contributed by atoms with Crippen molar-refractivity contribution in [3.8, 4) is 5.95 Å². The smallest absolute Gasteiger partial charge is 0.248 e. The van der Waals surface area contributed by atoms with E-state index in [0.717, 1.165) is 36.3 Å². The van der Waals surface area contributed by atoms with Crippen molar-refractivity contribution in [1.82, 2.24) is 24.2 Å². The zero-order valence-corrected chi connectivity index (χ0v) is 14.5. The van der Waals surface area contributed by atoms with Gasteiger partial charge in [-0.3, -0.25) is 4.57 Å². The highest BCUT2D eigenvalue weighted by atomic mass is 32.1. The second kappa shape index (κ2) is 8.13. The molecular weight excluding hydrogens is 346 g/mol. The molecule has 3 aromatic rings. The summed E-state index contributed by atoms with van der Waals surface area (Å²) in [7, 11) is 1.97. The number of aromatic nitrogens is 4. The van der Waals surface area contributed by atoms with Gasteiger partial charge in [0, 0.05) is 44.1 Å². The maximum atomic E-state index is 13.1. The minimum atomic E-state index is -0.822. The van der Waals surface area contributed by atoms with Crippen LogP contribution in [-0.2, 0) is 6.54 Å². The number of nitrogens with zero attached hydrogens (tertiary/aromatic N) is 5. The van der Waals surface area contributed by atoms with Crippen molar-refractivity contribution in [1.29, 1.82) is 0 Å². The number of hydrogen-bond acceptors (Lipinski definition) is 6. The summed E-state index contributed by atoms with van der Waals surface area (Å²) in [6.07, 6.45) is 6.03. The van der Waals surface area contributed by atoms with Crippen LogP contribution in [0.3, 0.4) is 0 Å². The lowest BCUT2D eigenvalue weighted by Gasteiger charge is -2.15. The van der Waals surface area contributed by atoms with Gasteiger partial charge < -0.3 is 10.2 Å². The van der Waals surface area contributed by atoms with Crippen molar-refractivity contribution < 1.29 is 8.78 Å². The first kappa shape index (κ1) is 17.4. The lowest BCUT2D eigenvalue weighted by atomic mass is 10.2. The summed E-state index contributed by atoms with van der Waals surface area (Å²) < 4.78 is 32.1. The Kier molecular flexibility index (Phi) is 5.67. The van der Waals surface area contributed by atoms with Crippen LogP contribution in [0.2, 0.25) is 0 Å². The highest BCUT2D eigenvalue weighted by Crippen LogP contribution is 2.17. The van der Waals surface area contributed by atoms with E-state index in [1.807, 2.05) is 11.9 Å². The van der Waals surface area contributed by atoms with Gasteiger partial charge in [-0.05, 0) is 30.7 Å². The lowest BCUT2D eigenvalue weighted by molar-refractivity contribution is 0.506. The van der Waals surface area contributed by atoms with Crippen molar-refractivity contribution >= 4 is 16.7 Å². The van der Waals surface area contributed by atoms with E-state index in [0.29, 0.717) is 12.5 Å². The third-order valence-corrected chi connectivity index (χ3v) is 4.45. The van der Waals surface area contributed by atoms with Crippen LogP contribution >= 0.6 is 11.5 Å². The Bertz CT molecular complexity index is 805. The SMILES string of the molecule is CN(CCCNCc1ccc(F)c(F)c1)c1nc(-n2ccnc2)ns1. The summed E-state index contributed by atoms with van der Waals surface area (Å²) in [6, 6.07) is 3.94. The molecule has 25 heavy (non-hydrogen) atoms. The number of halogens is 2. The lowest BCUT2D eigenvalue weighted by Crippen LogP contribution is -2.23. The van der Waals surface area contributed by atoms with Crippen LogP contribution in [0.1, 0.15) is 12.0 Å². The summed E-state index contributed by atoms with van der Waals surface area (Å²) in [4.78, 5) is 10.5. The molecule has 0 unspecified atom stereocenters. The van der Waals surface area contributed by atoms with Gasteiger partial charge in [0.25, 0.3) is 0 Å². The van der Waals surface area contributed by atoms with E-state index in [9.17, 15) is 8.78 Å². The molecule has 0 aliphatic carbocycles. The number of nitrogens with one attached hydrogen (secondary N) is 1. The molecule has 6 nitrogen and oxygen atoms in total. The Labute approximate surface area is 148 Å². The normalized spacial score (nSPS) is 11.0. The highest BCUT2D eigenvalue weighted by Gasteiger charge is 2.09. The first-order valence-electron chi connectivity index (χ1n) is 7.81. The molecule has 0 saturated carbocycles. The molecular formula is C16H18F2N6S. The average molecular weight is 364 g/mol. The van der Waals surface area contributed by atoms with E-state index in [-0.39, 0.29) is 0 Å². The molecule has 2 aromatic heterocycles. The molecule has 0 spiro atoms. The van der Waals surface area contributed by atoms with E-state index < -0.39 is 11.6 Å². The van der Waals surface area contributed by atoms with E-state index in [4.69, 9.17) is 0 Å². The number of imidazole rings is 1. The monoisotopic (exact) mass is 364 g/mol. The molecule has 0 radical (unpaired) electrons. The van der Waals surface area contributed by atoms with E-state index >= 15 is 0 Å². The van der Waals surface area contributed by atoms with Crippen LogP contribution in [0.4, 0.5) is 13.9 Å². The number of hydrogen-bond donors (Lipinski definition) is 1. The van der Waals surface area contributed by atoms with Crippen molar-refractivity contribution in [2.75, 3.05) is 25.0 Å². The molecule has 0 bridgehead atoms. The average Bonchev–Trinajstić information content (AvgIpc) is 3.28. The third kappa shape index (κ3) is 4.58. The fraction of sp³-hybridized carbons (Fsp3) is 0.312. The largest absolute Gasteiger partial charge is 0.350 e. The minimum absolute atomic E-state index is 0.504. The Balaban J connectivity index is 1.40. The van der Waals surface area contributed by atoms with E-state index in [2.05, 4.69) is 19.7 Å². The van der Waals surface area contributed by atoms with Crippen molar-refractivity contribution in [3.05, 3.63) is 54.1 Å². The fourth-order valence-electron chi connectivity index (χ4n) is 2.26. The second-order valence-corrected chi connectivity index (χ2v) is 6.28. The molecule has 1 aromatic carbocycles. The molecule has 2 heterocycles. The van der Waals surface area contributed by atoms with Crippen LogP contribution in [0, 0.1) is 11.6 Å². The predicted octanol–water partition coefficient (Wildman–Crippen LogP) is 2.62. The van der Waals surface area contributed by atoms with Gasteiger partial charge in [0.2, 0.25) is 11.1 Å². The maximum absolute atomic E-state index is 13.1. The summed E-state index contributed by atoms with van der Waals surface area (Å²) in [6.45, 7) is 2.07. The van der Waals surface area contributed by atoms with Crippen LogP contribution in [0.5, 0.6) is 0 Å². The van der Waals surface area contributed by atoms with E-state index in [1.165, 1.54) is 17.6 Å². The molecule has 0 aliphatic heterocycles.